The Morgan fingerprint density at radius 2 is 1.90 bits per heavy atom. The van der Waals surface area contributed by atoms with Crippen molar-refractivity contribution in [1.82, 2.24) is 14.9 Å². The van der Waals surface area contributed by atoms with Crippen LogP contribution in [0.2, 0.25) is 0 Å². The molecule has 0 radical (unpaired) electrons. The number of aromatic nitrogens is 2. The van der Waals surface area contributed by atoms with Gasteiger partial charge in [0.15, 0.2) is 0 Å². The summed E-state index contributed by atoms with van der Waals surface area (Å²) in [5, 5.41) is 8.73. The van der Waals surface area contributed by atoms with Crippen molar-refractivity contribution in [1.29, 1.82) is 0 Å². The maximum Gasteiger partial charge on any atom is 0.319 e. The van der Waals surface area contributed by atoms with E-state index in [1.807, 2.05) is 10.8 Å². The molecule has 1 aromatic carbocycles. The van der Waals surface area contributed by atoms with Crippen LogP contribution in [-0.4, -0.2) is 40.2 Å². The number of nitrogens with zero attached hydrogens (tertiary/aromatic N) is 2. The lowest BCUT2D eigenvalue weighted by Gasteiger charge is -2.31. The fraction of sp³-hybridized carbons (Fsp3) is 0.476. The molecule has 1 saturated heterocycles. The Labute approximate surface area is 171 Å². The van der Waals surface area contributed by atoms with E-state index in [-0.39, 0.29) is 29.5 Å². The molecule has 8 nitrogen and oxygen atoms in total. The van der Waals surface area contributed by atoms with Gasteiger partial charge < -0.3 is 25.3 Å². The van der Waals surface area contributed by atoms with Gasteiger partial charge in [-0.05, 0) is 42.5 Å². The molecule has 2 atom stereocenters. The van der Waals surface area contributed by atoms with E-state index in [4.69, 9.17) is 4.74 Å². The second kappa shape index (κ2) is 9.09. The number of hydrogen-bond donors (Lipinski definition) is 3. The van der Waals surface area contributed by atoms with Crippen molar-refractivity contribution in [3.05, 3.63) is 43.0 Å². The number of nitrogens with one attached hydrogen (secondary N) is 3. The lowest BCUT2D eigenvalue weighted by atomic mass is 9.86. The summed E-state index contributed by atoms with van der Waals surface area (Å²) in [6.45, 7) is 7.51. The Hall–Kier alpha value is -2.87. The third-order valence-corrected chi connectivity index (χ3v) is 4.94. The smallest absolute Gasteiger partial charge is 0.319 e. The van der Waals surface area contributed by atoms with Gasteiger partial charge in [-0.15, -0.1) is 0 Å². The number of carbonyl (C=O) groups is 2. The normalized spacial score (nSPS) is 17.6. The SMILES string of the molecule is CC(C)(C)[C@@H](Cn1ccnc1)NC(=O)Nc1ccc(NC(=O)[C@@H]2CCCO2)cc1. The van der Waals surface area contributed by atoms with Gasteiger partial charge >= 0.3 is 6.03 Å². The summed E-state index contributed by atoms with van der Waals surface area (Å²) >= 11 is 0. The minimum absolute atomic E-state index is 0.0818. The van der Waals surface area contributed by atoms with Gasteiger partial charge in [-0.25, -0.2) is 9.78 Å². The maximum absolute atomic E-state index is 12.5. The molecule has 1 fully saturated rings. The number of anilines is 2. The Balaban J connectivity index is 1.54. The number of urea groups is 1. The average Bonchev–Trinajstić information content (AvgIpc) is 3.36. The minimum Gasteiger partial charge on any atom is -0.368 e. The molecule has 1 aromatic heterocycles. The second-order valence-electron chi connectivity index (χ2n) is 8.34. The van der Waals surface area contributed by atoms with Crippen LogP contribution in [0.25, 0.3) is 0 Å². The highest BCUT2D eigenvalue weighted by molar-refractivity contribution is 5.95. The third kappa shape index (κ3) is 6.05. The zero-order valence-corrected chi connectivity index (χ0v) is 17.1. The zero-order chi connectivity index (χ0) is 20.9. The predicted molar refractivity (Wildman–Crippen MR) is 112 cm³/mol. The highest BCUT2D eigenvalue weighted by Crippen LogP contribution is 2.21. The summed E-state index contributed by atoms with van der Waals surface area (Å²) < 4.78 is 7.33. The van der Waals surface area contributed by atoms with Gasteiger partial charge in [-0.1, -0.05) is 20.8 Å². The number of rotatable bonds is 6. The van der Waals surface area contributed by atoms with E-state index in [1.165, 1.54) is 0 Å². The van der Waals surface area contributed by atoms with Crippen molar-refractivity contribution in [2.45, 2.75) is 52.3 Å². The van der Waals surface area contributed by atoms with E-state index in [2.05, 4.69) is 41.7 Å². The highest BCUT2D eigenvalue weighted by Gasteiger charge is 2.27. The van der Waals surface area contributed by atoms with Crippen molar-refractivity contribution in [2.75, 3.05) is 17.2 Å². The topological polar surface area (TPSA) is 97.3 Å². The van der Waals surface area contributed by atoms with Gasteiger partial charge in [0.1, 0.15) is 6.10 Å². The van der Waals surface area contributed by atoms with Crippen molar-refractivity contribution < 1.29 is 14.3 Å². The van der Waals surface area contributed by atoms with Crippen LogP contribution in [0.3, 0.4) is 0 Å². The number of hydrogen-bond acceptors (Lipinski definition) is 4. The molecular weight excluding hydrogens is 370 g/mol. The summed E-state index contributed by atoms with van der Waals surface area (Å²) in [5.74, 6) is -0.131. The Morgan fingerprint density at radius 1 is 1.21 bits per heavy atom. The van der Waals surface area contributed by atoms with Crippen molar-refractivity contribution in [3.8, 4) is 0 Å². The Kier molecular flexibility index (Phi) is 6.53. The molecule has 0 spiro atoms. The van der Waals surface area contributed by atoms with Crippen molar-refractivity contribution in [3.63, 3.8) is 0 Å². The molecule has 0 bridgehead atoms. The summed E-state index contributed by atoms with van der Waals surface area (Å²) in [6, 6.07) is 6.67. The first-order valence-corrected chi connectivity index (χ1v) is 9.87. The fourth-order valence-electron chi connectivity index (χ4n) is 3.11. The van der Waals surface area contributed by atoms with Gasteiger partial charge in [0.2, 0.25) is 0 Å². The quantitative estimate of drug-likeness (QED) is 0.695. The molecule has 0 saturated carbocycles. The van der Waals surface area contributed by atoms with E-state index in [1.54, 1.807) is 36.8 Å². The van der Waals surface area contributed by atoms with Crippen LogP contribution in [-0.2, 0) is 16.1 Å². The second-order valence-corrected chi connectivity index (χ2v) is 8.34. The number of ether oxygens (including phenoxy) is 1. The molecule has 29 heavy (non-hydrogen) atoms. The molecule has 0 aliphatic carbocycles. The van der Waals surface area contributed by atoms with Crippen LogP contribution >= 0.6 is 0 Å². The van der Waals surface area contributed by atoms with Crippen LogP contribution in [0.15, 0.2) is 43.0 Å². The average molecular weight is 399 g/mol. The maximum atomic E-state index is 12.5. The Morgan fingerprint density at radius 3 is 2.45 bits per heavy atom. The van der Waals surface area contributed by atoms with Crippen molar-refractivity contribution in [2.24, 2.45) is 5.41 Å². The summed E-state index contributed by atoms with van der Waals surface area (Å²) in [5.41, 5.74) is 1.19. The molecule has 1 aliphatic rings. The van der Waals surface area contributed by atoms with E-state index in [9.17, 15) is 9.59 Å². The van der Waals surface area contributed by atoms with Gasteiger partial charge in [0.05, 0.1) is 12.4 Å². The molecule has 3 N–H and O–H groups in total. The van der Waals surface area contributed by atoms with Crippen LogP contribution in [0, 0.1) is 5.41 Å². The molecule has 156 valence electrons. The lowest BCUT2D eigenvalue weighted by molar-refractivity contribution is -0.124. The van der Waals surface area contributed by atoms with Crippen LogP contribution < -0.4 is 16.0 Å². The minimum atomic E-state index is -0.372. The molecular formula is C21H29N5O3. The zero-order valence-electron chi connectivity index (χ0n) is 17.1. The first-order chi connectivity index (χ1) is 13.8. The van der Waals surface area contributed by atoms with Gasteiger partial charge in [0.25, 0.3) is 5.91 Å². The predicted octanol–water partition coefficient (Wildman–Crippen LogP) is 3.24. The standard InChI is InChI=1S/C21H29N5O3/c1-21(2,3)18(13-26-11-10-22-14-26)25-20(28)24-16-8-6-15(7-9-16)23-19(27)17-5-4-12-29-17/h6-11,14,17-18H,4-5,12-13H2,1-3H3,(H,23,27)(H2,24,25,28)/t17-,18+/m0/s1. The first-order valence-electron chi connectivity index (χ1n) is 9.87. The monoisotopic (exact) mass is 399 g/mol. The number of carbonyl (C=O) groups excluding carboxylic acids is 2. The van der Waals surface area contributed by atoms with Crippen LogP contribution in [0.1, 0.15) is 33.6 Å². The van der Waals surface area contributed by atoms with Crippen molar-refractivity contribution >= 4 is 23.3 Å². The van der Waals surface area contributed by atoms with Crippen LogP contribution in [0.5, 0.6) is 0 Å². The summed E-state index contributed by atoms with van der Waals surface area (Å²) in [6.07, 6.45) is 6.62. The Bertz CT molecular complexity index is 806. The van der Waals surface area contributed by atoms with E-state index in [0.717, 1.165) is 12.8 Å². The van der Waals surface area contributed by atoms with Crippen LogP contribution in [0.4, 0.5) is 16.2 Å². The molecule has 3 rings (SSSR count). The van der Waals surface area contributed by atoms with E-state index >= 15 is 0 Å². The lowest BCUT2D eigenvalue weighted by Crippen LogP contribution is -2.47. The number of imidazole rings is 1. The summed E-state index contributed by atoms with van der Waals surface area (Å²) in [7, 11) is 0. The summed E-state index contributed by atoms with van der Waals surface area (Å²) in [4.78, 5) is 28.7. The molecule has 0 unspecified atom stereocenters. The molecule has 2 heterocycles. The third-order valence-electron chi connectivity index (χ3n) is 4.94. The van der Waals surface area contributed by atoms with E-state index < -0.39 is 0 Å². The largest absolute Gasteiger partial charge is 0.368 e. The molecule has 2 aromatic rings. The highest BCUT2D eigenvalue weighted by atomic mass is 16.5. The molecule has 8 heteroatoms. The van der Waals surface area contributed by atoms with E-state index in [0.29, 0.717) is 24.5 Å². The molecule has 3 amide bonds. The van der Waals surface area contributed by atoms with Gasteiger partial charge in [0, 0.05) is 36.9 Å². The van der Waals surface area contributed by atoms with Gasteiger partial charge in [-0.3, -0.25) is 4.79 Å². The number of amides is 3. The fourth-order valence-corrected chi connectivity index (χ4v) is 3.11. The number of benzene rings is 1. The first kappa shape index (κ1) is 20.9. The van der Waals surface area contributed by atoms with Gasteiger partial charge in [-0.2, -0.15) is 0 Å². The molecule has 1 aliphatic heterocycles.